The Labute approximate surface area is 165 Å². The monoisotopic (exact) mass is 403 g/mol. The van der Waals surface area contributed by atoms with Crippen LogP contribution in [-0.4, -0.2) is 39.2 Å². The third-order valence-corrected chi connectivity index (χ3v) is 4.93. The number of sulfone groups is 1. The molecule has 0 fully saturated rings. The fourth-order valence-electron chi connectivity index (χ4n) is 2.67. The van der Waals surface area contributed by atoms with Crippen molar-refractivity contribution in [2.24, 2.45) is 0 Å². The Bertz CT molecular complexity index is 892. The third-order valence-electron chi connectivity index (χ3n) is 4.07. The molecule has 0 unspecified atom stereocenters. The Balaban J connectivity index is 1.74. The molecule has 0 bridgehead atoms. The summed E-state index contributed by atoms with van der Waals surface area (Å²) in [4.78, 5) is 24.0. The first-order valence-corrected chi connectivity index (χ1v) is 11.1. The third kappa shape index (κ3) is 7.92. The Kier molecular flexibility index (Phi) is 7.75. The zero-order valence-corrected chi connectivity index (χ0v) is 16.9. The summed E-state index contributed by atoms with van der Waals surface area (Å²) in [6.07, 6.45) is 2.78. The molecule has 2 aromatic carbocycles. The molecule has 1 atom stereocenters. The van der Waals surface area contributed by atoms with Crippen molar-refractivity contribution in [2.75, 3.05) is 12.9 Å². The number of benzene rings is 2. The van der Waals surface area contributed by atoms with Crippen LogP contribution >= 0.6 is 0 Å². The molecule has 2 aromatic rings. The van der Waals surface area contributed by atoms with Crippen molar-refractivity contribution in [3.05, 3.63) is 71.3 Å². The van der Waals surface area contributed by atoms with Crippen molar-refractivity contribution in [1.82, 2.24) is 5.32 Å². The fourth-order valence-corrected chi connectivity index (χ4v) is 3.47. The molecule has 0 heterocycles. The second kappa shape index (κ2) is 10.0. The summed E-state index contributed by atoms with van der Waals surface area (Å²) < 4.78 is 27.6. The van der Waals surface area contributed by atoms with Gasteiger partial charge in [0.05, 0.1) is 11.3 Å². The number of carbonyl (C=O) groups excluding carboxylic acids is 2. The van der Waals surface area contributed by atoms with Gasteiger partial charge in [-0.1, -0.05) is 42.5 Å². The van der Waals surface area contributed by atoms with Crippen LogP contribution in [0.2, 0.25) is 0 Å². The molecular weight excluding hydrogens is 378 g/mol. The van der Waals surface area contributed by atoms with E-state index in [4.69, 9.17) is 4.74 Å². The Morgan fingerprint density at radius 1 is 1.00 bits per heavy atom. The molecule has 0 aromatic heterocycles. The zero-order chi connectivity index (χ0) is 20.6. The Morgan fingerprint density at radius 2 is 1.64 bits per heavy atom. The van der Waals surface area contributed by atoms with E-state index in [1.54, 1.807) is 12.1 Å². The first-order valence-electron chi connectivity index (χ1n) is 9.00. The van der Waals surface area contributed by atoms with Crippen LogP contribution in [0.3, 0.4) is 0 Å². The molecule has 7 heteroatoms. The predicted octanol–water partition coefficient (Wildman–Crippen LogP) is 2.53. The smallest absolute Gasteiger partial charge is 0.338 e. The minimum atomic E-state index is -3.14. The summed E-state index contributed by atoms with van der Waals surface area (Å²) >= 11 is 0. The minimum Gasteiger partial charge on any atom is -0.452 e. The fraction of sp³-hybridized carbons (Fsp3) is 0.333. The molecular formula is C21H25NO5S. The van der Waals surface area contributed by atoms with Gasteiger partial charge < -0.3 is 10.1 Å². The van der Waals surface area contributed by atoms with E-state index < -0.39 is 15.8 Å². The Morgan fingerprint density at radius 3 is 2.25 bits per heavy atom. The number of aryl methyl sites for hydroxylation is 1. The first-order chi connectivity index (χ1) is 13.2. The van der Waals surface area contributed by atoms with Crippen LogP contribution in [0.4, 0.5) is 0 Å². The summed E-state index contributed by atoms with van der Waals surface area (Å²) in [6, 6.07) is 16.1. The summed E-state index contributed by atoms with van der Waals surface area (Å²) in [7, 11) is -3.14. The maximum atomic E-state index is 12.0. The molecule has 0 radical (unpaired) electrons. The largest absolute Gasteiger partial charge is 0.452 e. The molecule has 0 saturated carbocycles. The molecule has 2 rings (SSSR count). The SMILES string of the molecule is C[C@@H](CCc1ccccc1)NC(=O)COC(=O)c1ccc(CS(C)(=O)=O)cc1. The highest BCUT2D eigenvalue weighted by Gasteiger charge is 2.13. The van der Waals surface area contributed by atoms with Gasteiger partial charge >= 0.3 is 5.97 Å². The normalized spacial score (nSPS) is 12.2. The summed E-state index contributed by atoms with van der Waals surface area (Å²) in [6.45, 7) is 1.54. The van der Waals surface area contributed by atoms with Crippen molar-refractivity contribution in [3.63, 3.8) is 0 Å². The van der Waals surface area contributed by atoms with Gasteiger partial charge in [-0.25, -0.2) is 13.2 Å². The highest BCUT2D eigenvalue weighted by molar-refractivity contribution is 7.89. The summed E-state index contributed by atoms with van der Waals surface area (Å²) in [5.41, 5.74) is 2.06. The zero-order valence-electron chi connectivity index (χ0n) is 16.1. The van der Waals surface area contributed by atoms with Crippen molar-refractivity contribution in [1.29, 1.82) is 0 Å². The van der Waals surface area contributed by atoms with E-state index in [1.807, 2.05) is 37.3 Å². The predicted molar refractivity (Wildman–Crippen MR) is 108 cm³/mol. The van der Waals surface area contributed by atoms with Crippen molar-refractivity contribution in [2.45, 2.75) is 31.6 Å². The second-order valence-corrected chi connectivity index (χ2v) is 8.98. The van der Waals surface area contributed by atoms with Gasteiger partial charge in [0.2, 0.25) is 0 Å². The van der Waals surface area contributed by atoms with Crippen LogP contribution in [0.15, 0.2) is 54.6 Å². The van der Waals surface area contributed by atoms with E-state index >= 15 is 0 Å². The second-order valence-electron chi connectivity index (χ2n) is 6.84. The number of nitrogens with one attached hydrogen (secondary N) is 1. The van der Waals surface area contributed by atoms with E-state index in [0.717, 1.165) is 19.1 Å². The average Bonchev–Trinajstić information content (AvgIpc) is 2.64. The molecule has 0 saturated heterocycles. The molecule has 0 aliphatic heterocycles. The van der Waals surface area contributed by atoms with Crippen LogP contribution < -0.4 is 5.32 Å². The van der Waals surface area contributed by atoms with Gasteiger partial charge in [0.25, 0.3) is 5.91 Å². The number of carbonyl (C=O) groups is 2. The molecule has 1 N–H and O–H groups in total. The number of amides is 1. The van der Waals surface area contributed by atoms with Gasteiger partial charge in [-0.2, -0.15) is 0 Å². The Hall–Kier alpha value is -2.67. The number of hydrogen-bond acceptors (Lipinski definition) is 5. The van der Waals surface area contributed by atoms with E-state index in [1.165, 1.54) is 17.7 Å². The van der Waals surface area contributed by atoms with Crippen molar-refractivity contribution < 1.29 is 22.7 Å². The van der Waals surface area contributed by atoms with Crippen LogP contribution in [0.5, 0.6) is 0 Å². The van der Waals surface area contributed by atoms with Gasteiger partial charge in [0.1, 0.15) is 0 Å². The molecule has 28 heavy (non-hydrogen) atoms. The minimum absolute atomic E-state index is 0.0401. The number of hydrogen-bond donors (Lipinski definition) is 1. The quantitative estimate of drug-likeness (QED) is 0.650. The first kappa shape index (κ1) is 21.6. The van der Waals surface area contributed by atoms with E-state index in [2.05, 4.69) is 5.32 Å². The lowest BCUT2D eigenvalue weighted by atomic mass is 10.1. The molecule has 1 amide bonds. The number of rotatable bonds is 9. The standard InChI is InChI=1S/C21H25NO5S/c1-16(8-9-17-6-4-3-5-7-17)22-20(23)14-27-21(24)19-12-10-18(11-13-19)15-28(2,25)26/h3-7,10-13,16H,8-9,14-15H2,1-2H3,(H,22,23)/t16-/m0/s1. The lowest BCUT2D eigenvalue weighted by Gasteiger charge is -2.14. The average molecular weight is 404 g/mol. The van der Waals surface area contributed by atoms with Gasteiger partial charge in [0.15, 0.2) is 16.4 Å². The molecule has 0 spiro atoms. The van der Waals surface area contributed by atoms with E-state index in [0.29, 0.717) is 5.56 Å². The van der Waals surface area contributed by atoms with E-state index in [-0.39, 0.29) is 29.9 Å². The highest BCUT2D eigenvalue weighted by Crippen LogP contribution is 2.09. The number of esters is 1. The summed E-state index contributed by atoms with van der Waals surface area (Å²) in [5.74, 6) is -1.08. The van der Waals surface area contributed by atoms with Crippen LogP contribution in [-0.2, 0) is 31.5 Å². The van der Waals surface area contributed by atoms with Crippen LogP contribution in [0.1, 0.15) is 34.8 Å². The maximum Gasteiger partial charge on any atom is 0.338 e. The van der Waals surface area contributed by atoms with E-state index in [9.17, 15) is 18.0 Å². The lowest BCUT2D eigenvalue weighted by molar-refractivity contribution is -0.124. The lowest BCUT2D eigenvalue weighted by Crippen LogP contribution is -2.36. The molecule has 150 valence electrons. The molecule has 0 aliphatic rings. The summed E-state index contributed by atoms with van der Waals surface area (Å²) in [5, 5.41) is 2.81. The van der Waals surface area contributed by atoms with Crippen LogP contribution in [0, 0.1) is 0 Å². The topological polar surface area (TPSA) is 89.5 Å². The van der Waals surface area contributed by atoms with Crippen molar-refractivity contribution >= 4 is 21.7 Å². The van der Waals surface area contributed by atoms with Gasteiger partial charge in [-0.3, -0.25) is 4.79 Å². The highest BCUT2D eigenvalue weighted by atomic mass is 32.2. The van der Waals surface area contributed by atoms with Crippen LogP contribution in [0.25, 0.3) is 0 Å². The maximum absolute atomic E-state index is 12.0. The molecule has 6 nitrogen and oxygen atoms in total. The van der Waals surface area contributed by atoms with Gasteiger partial charge in [0, 0.05) is 12.3 Å². The van der Waals surface area contributed by atoms with Crippen molar-refractivity contribution in [3.8, 4) is 0 Å². The molecule has 0 aliphatic carbocycles. The van der Waals surface area contributed by atoms with Gasteiger partial charge in [-0.15, -0.1) is 0 Å². The van der Waals surface area contributed by atoms with Gasteiger partial charge in [-0.05, 0) is 43.0 Å². The number of ether oxygens (including phenoxy) is 1.